The summed E-state index contributed by atoms with van der Waals surface area (Å²) in [6, 6.07) is 8.51. The number of nitrogens with zero attached hydrogens (tertiary/aromatic N) is 5. The Morgan fingerprint density at radius 3 is 1.93 bits per heavy atom. The summed E-state index contributed by atoms with van der Waals surface area (Å²) in [4.78, 5) is 6.95. The van der Waals surface area contributed by atoms with E-state index in [-0.39, 0.29) is 12.4 Å². The zero-order valence-corrected chi connectivity index (χ0v) is 25.4. The third-order valence-electron chi connectivity index (χ3n) is 6.97. The molecule has 0 N–H and O–H groups in total. The molecule has 40 heavy (non-hydrogen) atoms. The summed E-state index contributed by atoms with van der Waals surface area (Å²) in [6.07, 6.45) is 27.3. The minimum absolute atomic E-state index is 0. The Balaban J connectivity index is 0.00000800. The molecule has 2 aromatic heterocycles. The van der Waals surface area contributed by atoms with E-state index in [1.165, 1.54) is 68.9 Å². The van der Waals surface area contributed by atoms with E-state index in [4.69, 9.17) is 15.0 Å². The van der Waals surface area contributed by atoms with Crippen LogP contribution in [0.1, 0.15) is 101 Å². The molecule has 0 spiro atoms. The molecule has 224 valence electrons. The molecule has 7 nitrogen and oxygen atoms in total. The third kappa shape index (κ3) is 20.7. The molecule has 0 atom stereocenters. The van der Waals surface area contributed by atoms with Gasteiger partial charge in [-0.15, -0.1) is 0 Å². The van der Waals surface area contributed by atoms with Gasteiger partial charge in [0.25, 0.3) is 0 Å². The van der Waals surface area contributed by atoms with Crippen molar-refractivity contribution in [3.8, 4) is 0 Å². The van der Waals surface area contributed by atoms with Crippen molar-refractivity contribution in [2.24, 2.45) is 5.11 Å². The molecule has 0 amide bonds. The summed E-state index contributed by atoms with van der Waals surface area (Å²) in [5, 5.41) is 3.58. The molecule has 0 aliphatic rings. The summed E-state index contributed by atoms with van der Waals surface area (Å²) >= 11 is 0. The van der Waals surface area contributed by atoms with Crippen molar-refractivity contribution in [2.45, 2.75) is 109 Å². The lowest BCUT2D eigenvalue weighted by Gasteiger charge is -2.06. The predicted molar refractivity (Wildman–Crippen MR) is 159 cm³/mol. The molecule has 0 saturated carbocycles. The largest absolute Gasteiger partial charge is 1.00 e. The van der Waals surface area contributed by atoms with Crippen molar-refractivity contribution >= 4 is 0 Å². The fourth-order valence-corrected chi connectivity index (χ4v) is 4.71. The van der Waals surface area contributed by atoms with Gasteiger partial charge in [0.15, 0.2) is 12.4 Å². The number of hydrogen-bond acceptors (Lipinski definition) is 4. The van der Waals surface area contributed by atoms with E-state index < -0.39 is 0 Å². The van der Waals surface area contributed by atoms with Gasteiger partial charge in [0.2, 0.25) is 0 Å². The van der Waals surface area contributed by atoms with Crippen LogP contribution in [-0.2, 0) is 28.9 Å². The first-order chi connectivity index (χ1) is 19.4. The second-order valence-corrected chi connectivity index (χ2v) is 10.4. The van der Waals surface area contributed by atoms with E-state index in [1.807, 2.05) is 18.5 Å². The molecule has 8 heteroatoms. The van der Waals surface area contributed by atoms with E-state index in [2.05, 4.69) is 50.2 Å². The van der Waals surface area contributed by atoms with Crippen molar-refractivity contribution in [3.05, 3.63) is 70.6 Å². The van der Waals surface area contributed by atoms with E-state index in [1.54, 1.807) is 0 Å². The molecule has 0 aromatic carbocycles. The van der Waals surface area contributed by atoms with Gasteiger partial charge in [0.1, 0.15) is 6.54 Å². The molecule has 0 unspecified atom stereocenters. The fraction of sp³-hybridized carbons (Fsp3) is 0.688. The van der Waals surface area contributed by atoms with E-state index in [0.717, 1.165) is 77.9 Å². The van der Waals surface area contributed by atoms with Crippen LogP contribution in [0, 0.1) is 0 Å². The van der Waals surface area contributed by atoms with Gasteiger partial charge in [-0.1, -0.05) is 62.5 Å². The summed E-state index contributed by atoms with van der Waals surface area (Å²) in [5.74, 6) is 0. The lowest BCUT2D eigenvalue weighted by molar-refractivity contribution is -0.697. The van der Waals surface area contributed by atoms with Gasteiger partial charge in [0, 0.05) is 68.3 Å². The minimum Gasteiger partial charge on any atom is -1.00 e. The SMILES string of the molecule is [Cl-].[N-]=[N+]=NCCCCCCCCCCCCOCCCc1ccc[n+](CCCCOCCCc2cccnc2)c1. The first-order valence-electron chi connectivity index (χ1n) is 15.4. The molecule has 2 rings (SSSR count). The molecule has 0 fully saturated rings. The summed E-state index contributed by atoms with van der Waals surface area (Å²) in [6.45, 7) is 5.11. The first-order valence-corrected chi connectivity index (χ1v) is 15.4. The van der Waals surface area contributed by atoms with Crippen molar-refractivity contribution in [1.29, 1.82) is 0 Å². The Labute approximate surface area is 249 Å². The molecule has 0 bridgehead atoms. The predicted octanol–water partition coefficient (Wildman–Crippen LogP) is 4.96. The fourth-order valence-electron chi connectivity index (χ4n) is 4.71. The van der Waals surface area contributed by atoms with Crippen LogP contribution in [-0.4, -0.2) is 38.0 Å². The topological polar surface area (TPSA) is 84.0 Å². The number of aryl methyl sites for hydroxylation is 3. The normalized spacial score (nSPS) is 10.7. The van der Waals surface area contributed by atoms with Gasteiger partial charge in [-0.25, -0.2) is 4.57 Å². The highest BCUT2D eigenvalue weighted by molar-refractivity contribution is 5.08. The van der Waals surface area contributed by atoms with Crippen LogP contribution >= 0.6 is 0 Å². The summed E-state index contributed by atoms with van der Waals surface area (Å²) in [7, 11) is 0. The Hall–Kier alpha value is -2.18. The molecular formula is C32H52ClN5O2. The molecule has 0 aliphatic heterocycles. The monoisotopic (exact) mass is 573 g/mol. The van der Waals surface area contributed by atoms with Gasteiger partial charge < -0.3 is 21.9 Å². The summed E-state index contributed by atoms with van der Waals surface area (Å²) in [5.41, 5.74) is 10.9. The summed E-state index contributed by atoms with van der Waals surface area (Å²) < 4.78 is 14.0. The van der Waals surface area contributed by atoms with E-state index in [0.29, 0.717) is 6.54 Å². The van der Waals surface area contributed by atoms with E-state index in [9.17, 15) is 0 Å². The van der Waals surface area contributed by atoms with Crippen LogP contribution in [0.5, 0.6) is 0 Å². The maximum absolute atomic E-state index is 8.25. The van der Waals surface area contributed by atoms with Gasteiger partial charge in [0.05, 0.1) is 0 Å². The van der Waals surface area contributed by atoms with Crippen molar-refractivity contribution in [2.75, 3.05) is 33.0 Å². The number of ether oxygens (including phenoxy) is 2. The number of unbranched alkanes of at least 4 members (excludes halogenated alkanes) is 10. The number of aromatic nitrogens is 2. The van der Waals surface area contributed by atoms with Crippen LogP contribution in [0.25, 0.3) is 10.4 Å². The smallest absolute Gasteiger partial charge is 0.171 e. The molecule has 0 radical (unpaired) electrons. The zero-order chi connectivity index (χ0) is 27.5. The Bertz CT molecular complexity index is 881. The second kappa shape index (κ2) is 27.0. The maximum atomic E-state index is 8.25. The number of rotatable bonds is 26. The molecular weight excluding hydrogens is 522 g/mol. The van der Waals surface area contributed by atoms with Gasteiger partial charge in [-0.05, 0) is 68.2 Å². The average Bonchev–Trinajstić information content (AvgIpc) is 2.97. The number of hydrogen-bond donors (Lipinski definition) is 0. The van der Waals surface area contributed by atoms with Crippen molar-refractivity contribution in [1.82, 2.24) is 4.98 Å². The number of azide groups is 1. The minimum atomic E-state index is 0. The highest BCUT2D eigenvalue weighted by Gasteiger charge is 2.04. The lowest BCUT2D eigenvalue weighted by atomic mass is 10.1. The van der Waals surface area contributed by atoms with Crippen LogP contribution < -0.4 is 17.0 Å². The molecule has 0 aliphatic carbocycles. The average molecular weight is 574 g/mol. The quantitative estimate of drug-likeness (QED) is 0.0524. The molecule has 0 saturated heterocycles. The van der Waals surface area contributed by atoms with Gasteiger partial charge in [-0.3, -0.25) is 4.98 Å². The van der Waals surface area contributed by atoms with Crippen molar-refractivity contribution in [3.63, 3.8) is 0 Å². The second-order valence-electron chi connectivity index (χ2n) is 10.4. The number of pyridine rings is 2. The Kier molecular flexibility index (Phi) is 24.2. The first kappa shape index (κ1) is 35.8. The third-order valence-corrected chi connectivity index (χ3v) is 6.97. The maximum Gasteiger partial charge on any atom is 0.171 e. The zero-order valence-electron chi connectivity index (χ0n) is 24.6. The van der Waals surface area contributed by atoms with Crippen LogP contribution in [0.15, 0.2) is 54.2 Å². The van der Waals surface area contributed by atoms with Gasteiger partial charge >= 0.3 is 0 Å². The van der Waals surface area contributed by atoms with Gasteiger partial charge in [-0.2, -0.15) is 0 Å². The number of halogens is 1. The van der Waals surface area contributed by atoms with E-state index >= 15 is 0 Å². The standard InChI is InChI=1S/C32H52N5O2.ClH/c33-36-35-22-9-7-5-3-1-2-4-6-8-11-25-38-28-16-20-32-18-14-24-37(30-32)23-10-12-26-39-27-15-19-31-17-13-21-34-29-31;/h13-14,17-18,21,24,29-30H,1-12,15-16,19-20,22-23,25-28H2;1H/q+1;/p-1. The highest BCUT2D eigenvalue weighted by atomic mass is 35.5. The molecule has 2 aromatic rings. The Morgan fingerprint density at radius 2 is 1.27 bits per heavy atom. The van der Waals surface area contributed by atoms with Crippen LogP contribution in [0.2, 0.25) is 0 Å². The molecule has 2 heterocycles. The van der Waals surface area contributed by atoms with Crippen LogP contribution in [0.3, 0.4) is 0 Å². The van der Waals surface area contributed by atoms with Crippen molar-refractivity contribution < 1.29 is 26.4 Å². The van der Waals surface area contributed by atoms with Crippen LogP contribution in [0.4, 0.5) is 0 Å². The highest BCUT2D eigenvalue weighted by Crippen LogP contribution is 2.11. The Morgan fingerprint density at radius 1 is 0.700 bits per heavy atom. The lowest BCUT2D eigenvalue weighted by Crippen LogP contribution is -3.00.